The van der Waals surface area contributed by atoms with Crippen LogP contribution in [-0.2, 0) is 9.59 Å². The van der Waals surface area contributed by atoms with Crippen molar-refractivity contribution >= 4 is 23.2 Å². The summed E-state index contributed by atoms with van der Waals surface area (Å²) in [6.45, 7) is 3.82. The van der Waals surface area contributed by atoms with Crippen LogP contribution in [0.4, 0.5) is 15.8 Å². The van der Waals surface area contributed by atoms with Crippen LogP contribution in [-0.4, -0.2) is 42.9 Å². The topological polar surface area (TPSA) is 73.5 Å². The van der Waals surface area contributed by atoms with Gasteiger partial charge in [0.05, 0.1) is 6.54 Å². The number of nitrogens with one attached hydrogen (secondary N) is 3. The minimum Gasteiger partial charge on any atom is -0.326 e. The quantitative estimate of drug-likeness (QED) is 0.756. The number of carbonyl (C=O) groups excluding carboxylic acids is 2. The molecule has 3 N–H and O–H groups in total. The lowest BCUT2D eigenvalue weighted by Gasteiger charge is -2.36. The first-order valence-corrected chi connectivity index (χ1v) is 8.89. The Labute approximate surface area is 157 Å². The fourth-order valence-electron chi connectivity index (χ4n) is 3.20. The number of amides is 2. The molecular formula is C20H23FN4O2. The minimum absolute atomic E-state index is 0.0534. The maximum absolute atomic E-state index is 13.6. The average molecular weight is 370 g/mol. The third kappa shape index (κ3) is 5.35. The number of benzene rings is 2. The lowest BCUT2D eigenvalue weighted by Crippen LogP contribution is -2.48. The predicted octanol–water partition coefficient (Wildman–Crippen LogP) is 2.37. The fourth-order valence-corrected chi connectivity index (χ4v) is 3.20. The Hall–Kier alpha value is -2.77. The van der Waals surface area contributed by atoms with E-state index in [4.69, 9.17) is 0 Å². The highest BCUT2D eigenvalue weighted by Crippen LogP contribution is 2.23. The van der Waals surface area contributed by atoms with E-state index in [9.17, 15) is 14.0 Å². The summed E-state index contributed by atoms with van der Waals surface area (Å²) in [5.41, 5.74) is 2.19. The molecule has 1 unspecified atom stereocenters. The van der Waals surface area contributed by atoms with Crippen molar-refractivity contribution in [3.63, 3.8) is 0 Å². The van der Waals surface area contributed by atoms with Gasteiger partial charge in [0, 0.05) is 44.0 Å². The monoisotopic (exact) mass is 370 g/mol. The molecule has 1 aliphatic rings. The lowest BCUT2D eigenvalue weighted by molar-refractivity contribution is -0.118. The average Bonchev–Trinajstić information content (AvgIpc) is 2.63. The van der Waals surface area contributed by atoms with Crippen molar-refractivity contribution in [3.05, 3.63) is 59.9 Å². The Morgan fingerprint density at radius 3 is 2.52 bits per heavy atom. The molecule has 0 bridgehead atoms. The van der Waals surface area contributed by atoms with Crippen LogP contribution >= 0.6 is 0 Å². The number of piperazine rings is 1. The third-order valence-electron chi connectivity index (χ3n) is 4.42. The van der Waals surface area contributed by atoms with Crippen molar-refractivity contribution < 1.29 is 14.0 Å². The van der Waals surface area contributed by atoms with Gasteiger partial charge in [0.2, 0.25) is 11.8 Å². The Balaban J connectivity index is 1.62. The van der Waals surface area contributed by atoms with E-state index in [1.165, 1.54) is 19.1 Å². The molecule has 1 aliphatic heterocycles. The van der Waals surface area contributed by atoms with Crippen molar-refractivity contribution in [3.8, 4) is 0 Å². The standard InChI is InChI=1S/C20H23FN4O2/c1-14(26)23-17-5-7-18(8-6-17)24-20(27)13-25-10-9-22-12-19(25)15-3-2-4-16(21)11-15/h2-8,11,19,22H,9-10,12-13H2,1H3,(H,23,26)(H,24,27). The zero-order valence-electron chi connectivity index (χ0n) is 15.2. The molecule has 0 aliphatic carbocycles. The summed E-state index contributed by atoms with van der Waals surface area (Å²) in [5.74, 6) is -0.554. The van der Waals surface area contributed by atoms with Gasteiger partial charge < -0.3 is 16.0 Å². The Morgan fingerprint density at radius 1 is 1.15 bits per heavy atom. The van der Waals surface area contributed by atoms with Crippen molar-refractivity contribution in [2.75, 3.05) is 36.8 Å². The van der Waals surface area contributed by atoms with Crippen LogP contribution in [0, 0.1) is 5.82 Å². The van der Waals surface area contributed by atoms with Crippen LogP contribution in [0.2, 0.25) is 0 Å². The second-order valence-corrected chi connectivity index (χ2v) is 6.55. The van der Waals surface area contributed by atoms with Crippen LogP contribution in [0.1, 0.15) is 18.5 Å². The first-order chi connectivity index (χ1) is 13.0. The second-order valence-electron chi connectivity index (χ2n) is 6.55. The molecular weight excluding hydrogens is 347 g/mol. The molecule has 6 nitrogen and oxygen atoms in total. The van der Waals surface area contributed by atoms with Gasteiger partial charge in [-0.25, -0.2) is 4.39 Å². The van der Waals surface area contributed by atoms with Gasteiger partial charge in [-0.15, -0.1) is 0 Å². The van der Waals surface area contributed by atoms with Crippen LogP contribution in [0.25, 0.3) is 0 Å². The molecule has 0 radical (unpaired) electrons. The Morgan fingerprint density at radius 2 is 1.85 bits per heavy atom. The number of hydrogen-bond donors (Lipinski definition) is 3. The van der Waals surface area contributed by atoms with Gasteiger partial charge in [-0.3, -0.25) is 14.5 Å². The Kier molecular flexibility index (Phi) is 6.16. The van der Waals surface area contributed by atoms with E-state index >= 15 is 0 Å². The largest absolute Gasteiger partial charge is 0.326 e. The number of carbonyl (C=O) groups is 2. The van der Waals surface area contributed by atoms with Crippen LogP contribution in [0.3, 0.4) is 0 Å². The van der Waals surface area contributed by atoms with Gasteiger partial charge in [0.15, 0.2) is 0 Å². The van der Waals surface area contributed by atoms with E-state index in [-0.39, 0.29) is 30.2 Å². The van der Waals surface area contributed by atoms with E-state index in [2.05, 4.69) is 16.0 Å². The van der Waals surface area contributed by atoms with Gasteiger partial charge in [0.1, 0.15) is 5.82 Å². The molecule has 142 valence electrons. The molecule has 0 saturated carbocycles. The highest BCUT2D eigenvalue weighted by molar-refractivity contribution is 5.93. The van der Waals surface area contributed by atoms with Gasteiger partial charge >= 0.3 is 0 Å². The summed E-state index contributed by atoms with van der Waals surface area (Å²) in [6, 6.07) is 13.4. The molecule has 1 atom stereocenters. The number of hydrogen-bond acceptors (Lipinski definition) is 4. The van der Waals surface area contributed by atoms with Crippen LogP contribution in [0.15, 0.2) is 48.5 Å². The molecule has 27 heavy (non-hydrogen) atoms. The van der Waals surface area contributed by atoms with Gasteiger partial charge in [-0.05, 0) is 42.0 Å². The van der Waals surface area contributed by atoms with Crippen LogP contribution in [0.5, 0.6) is 0 Å². The SMILES string of the molecule is CC(=O)Nc1ccc(NC(=O)CN2CCNCC2c2cccc(F)c2)cc1. The maximum Gasteiger partial charge on any atom is 0.238 e. The third-order valence-corrected chi connectivity index (χ3v) is 4.42. The first kappa shape index (κ1) is 19.0. The van der Waals surface area contributed by atoms with Crippen molar-refractivity contribution in [1.82, 2.24) is 10.2 Å². The summed E-state index contributed by atoms with van der Waals surface area (Å²) in [4.78, 5) is 25.6. The molecule has 3 rings (SSSR count). The fraction of sp³-hybridized carbons (Fsp3) is 0.300. The normalized spacial score (nSPS) is 17.3. The van der Waals surface area contributed by atoms with E-state index in [0.717, 1.165) is 12.1 Å². The molecule has 0 spiro atoms. The zero-order chi connectivity index (χ0) is 19.2. The second kappa shape index (κ2) is 8.75. The van der Waals surface area contributed by atoms with E-state index in [1.54, 1.807) is 30.3 Å². The molecule has 2 aromatic rings. The number of rotatable bonds is 5. The van der Waals surface area contributed by atoms with Gasteiger partial charge in [-0.2, -0.15) is 0 Å². The van der Waals surface area contributed by atoms with E-state index in [0.29, 0.717) is 24.5 Å². The first-order valence-electron chi connectivity index (χ1n) is 8.89. The summed E-state index contributed by atoms with van der Waals surface area (Å²) in [7, 11) is 0. The van der Waals surface area contributed by atoms with Gasteiger partial charge in [0.25, 0.3) is 0 Å². The number of halogens is 1. The van der Waals surface area contributed by atoms with Crippen LogP contribution < -0.4 is 16.0 Å². The molecule has 0 aromatic heterocycles. The molecule has 7 heteroatoms. The number of anilines is 2. The smallest absolute Gasteiger partial charge is 0.238 e. The van der Waals surface area contributed by atoms with Crippen molar-refractivity contribution in [2.24, 2.45) is 0 Å². The minimum atomic E-state index is -0.276. The summed E-state index contributed by atoms with van der Waals surface area (Å²) in [6.07, 6.45) is 0. The van der Waals surface area contributed by atoms with Crippen molar-refractivity contribution in [2.45, 2.75) is 13.0 Å². The summed E-state index contributed by atoms with van der Waals surface area (Å²) >= 11 is 0. The molecule has 2 amide bonds. The maximum atomic E-state index is 13.6. The van der Waals surface area contributed by atoms with Crippen molar-refractivity contribution in [1.29, 1.82) is 0 Å². The highest BCUT2D eigenvalue weighted by Gasteiger charge is 2.25. The highest BCUT2D eigenvalue weighted by atomic mass is 19.1. The van der Waals surface area contributed by atoms with Gasteiger partial charge in [-0.1, -0.05) is 12.1 Å². The lowest BCUT2D eigenvalue weighted by atomic mass is 10.0. The number of nitrogens with zero attached hydrogens (tertiary/aromatic N) is 1. The molecule has 1 saturated heterocycles. The van der Waals surface area contributed by atoms with E-state index in [1.807, 2.05) is 11.0 Å². The summed E-state index contributed by atoms with van der Waals surface area (Å²) < 4.78 is 13.6. The predicted molar refractivity (Wildman–Crippen MR) is 103 cm³/mol. The molecule has 1 fully saturated rings. The molecule has 1 heterocycles. The van der Waals surface area contributed by atoms with E-state index < -0.39 is 0 Å². The molecule has 2 aromatic carbocycles. The summed E-state index contributed by atoms with van der Waals surface area (Å²) in [5, 5.41) is 8.84. The zero-order valence-corrected chi connectivity index (χ0v) is 15.2. The Bertz CT molecular complexity index is 810.